The summed E-state index contributed by atoms with van der Waals surface area (Å²) in [6.45, 7) is 1.49. The zero-order valence-corrected chi connectivity index (χ0v) is 12.0. The molecule has 21 heavy (non-hydrogen) atoms. The molecule has 0 atom stereocenters. The summed E-state index contributed by atoms with van der Waals surface area (Å²) in [6, 6.07) is 11.7. The predicted octanol–water partition coefficient (Wildman–Crippen LogP) is 3.03. The van der Waals surface area contributed by atoms with Gasteiger partial charge in [0.2, 0.25) is 0 Å². The van der Waals surface area contributed by atoms with Crippen LogP contribution in [-0.4, -0.2) is 16.7 Å². The van der Waals surface area contributed by atoms with Crippen LogP contribution in [0.2, 0.25) is 0 Å². The van der Waals surface area contributed by atoms with Gasteiger partial charge in [-0.2, -0.15) is 0 Å². The molecule has 0 spiro atoms. The van der Waals surface area contributed by atoms with Crippen molar-refractivity contribution in [1.82, 2.24) is 10.3 Å². The standard InChI is InChI=1S/C17H18N2O2/c1-12(20)13-10-15(18-11-13)16(21)19-17(8-5-9-17)14-6-3-2-4-7-14/h2-4,6-7,10-11,18H,5,8-9H2,1H3,(H,19,21). The molecule has 0 saturated heterocycles. The fourth-order valence-electron chi connectivity index (χ4n) is 2.79. The number of hydrogen-bond donors (Lipinski definition) is 2. The smallest absolute Gasteiger partial charge is 0.268 e. The number of hydrogen-bond acceptors (Lipinski definition) is 2. The van der Waals surface area contributed by atoms with Crippen molar-refractivity contribution in [1.29, 1.82) is 0 Å². The Hall–Kier alpha value is -2.36. The highest BCUT2D eigenvalue weighted by molar-refractivity contribution is 5.99. The van der Waals surface area contributed by atoms with Crippen molar-refractivity contribution in [3.63, 3.8) is 0 Å². The van der Waals surface area contributed by atoms with Gasteiger partial charge in [0.15, 0.2) is 5.78 Å². The molecule has 0 aliphatic heterocycles. The number of carbonyl (C=O) groups is 2. The van der Waals surface area contributed by atoms with Crippen molar-refractivity contribution < 1.29 is 9.59 Å². The molecule has 1 fully saturated rings. The molecule has 1 aliphatic carbocycles. The van der Waals surface area contributed by atoms with Crippen molar-refractivity contribution >= 4 is 11.7 Å². The van der Waals surface area contributed by atoms with Gasteiger partial charge in [0, 0.05) is 11.8 Å². The molecule has 1 saturated carbocycles. The summed E-state index contributed by atoms with van der Waals surface area (Å²) in [7, 11) is 0. The molecule has 3 rings (SSSR count). The average Bonchev–Trinajstić information content (AvgIpc) is 2.93. The van der Waals surface area contributed by atoms with E-state index in [1.165, 1.54) is 6.92 Å². The van der Waals surface area contributed by atoms with E-state index in [4.69, 9.17) is 0 Å². The number of nitrogens with one attached hydrogen (secondary N) is 2. The van der Waals surface area contributed by atoms with Crippen LogP contribution in [0.3, 0.4) is 0 Å². The minimum absolute atomic E-state index is 0.0493. The molecule has 0 radical (unpaired) electrons. The van der Waals surface area contributed by atoms with Gasteiger partial charge in [-0.05, 0) is 37.8 Å². The average molecular weight is 282 g/mol. The van der Waals surface area contributed by atoms with Gasteiger partial charge >= 0.3 is 0 Å². The first kappa shape index (κ1) is 13.6. The Morgan fingerprint density at radius 1 is 1.19 bits per heavy atom. The van der Waals surface area contributed by atoms with Crippen LogP contribution in [0, 0.1) is 0 Å². The number of aromatic nitrogens is 1. The lowest BCUT2D eigenvalue weighted by atomic mass is 9.71. The van der Waals surface area contributed by atoms with E-state index in [0.29, 0.717) is 11.3 Å². The predicted molar refractivity (Wildman–Crippen MR) is 80.2 cm³/mol. The minimum atomic E-state index is -0.264. The number of rotatable bonds is 4. The van der Waals surface area contributed by atoms with Gasteiger partial charge < -0.3 is 10.3 Å². The number of aromatic amines is 1. The maximum Gasteiger partial charge on any atom is 0.268 e. The normalized spacial score (nSPS) is 16.0. The zero-order chi connectivity index (χ0) is 14.9. The van der Waals surface area contributed by atoms with Crippen molar-refractivity contribution in [3.8, 4) is 0 Å². The number of carbonyl (C=O) groups excluding carboxylic acids is 2. The van der Waals surface area contributed by atoms with E-state index in [1.807, 2.05) is 18.2 Å². The van der Waals surface area contributed by atoms with Crippen LogP contribution < -0.4 is 5.32 Å². The van der Waals surface area contributed by atoms with E-state index >= 15 is 0 Å². The Morgan fingerprint density at radius 2 is 1.90 bits per heavy atom. The summed E-state index contributed by atoms with van der Waals surface area (Å²) in [5, 5.41) is 3.13. The van der Waals surface area contributed by atoms with Crippen molar-refractivity contribution in [2.75, 3.05) is 0 Å². The van der Waals surface area contributed by atoms with E-state index in [1.54, 1.807) is 12.3 Å². The lowest BCUT2D eigenvalue weighted by Gasteiger charge is -2.43. The molecule has 4 nitrogen and oxygen atoms in total. The fourth-order valence-corrected chi connectivity index (χ4v) is 2.79. The zero-order valence-electron chi connectivity index (χ0n) is 12.0. The molecular weight excluding hydrogens is 264 g/mol. The topological polar surface area (TPSA) is 62.0 Å². The molecule has 1 aromatic carbocycles. The van der Waals surface area contributed by atoms with Crippen molar-refractivity contribution in [3.05, 3.63) is 59.4 Å². The monoisotopic (exact) mass is 282 g/mol. The number of benzene rings is 1. The molecule has 0 bridgehead atoms. The Labute approximate surface area is 123 Å². The van der Waals surface area contributed by atoms with E-state index in [-0.39, 0.29) is 17.2 Å². The summed E-state index contributed by atoms with van der Waals surface area (Å²) in [4.78, 5) is 26.6. The quantitative estimate of drug-likeness (QED) is 0.847. The SMILES string of the molecule is CC(=O)c1c[nH]c(C(=O)NC2(c3ccccc3)CCC2)c1. The molecule has 2 N–H and O–H groups in total. The second-order valence-electron chi connectivity index (χ2n) is 5.61. The molecule has 0 unspecified atom stereocenters. The van der Waals surface area contributed by atoms with Gasteiger partial charge in [-0.25, -0.2) is 0 Å². The third kappa shape index (κ3) is 2.49. The Morgan fingerprint density at radius 3 is 2.43 bits per heavy atom. The summed E-state index contributed by atoms with van der Waals surface area (Å²) in [5.41, 5.74) is 1.84. The van der Waals surface area contributed by atoms with Gasteiger partial charge in [0.25, 0.3) is 5.91 Å². The molecule has 108 valence electrons. The number of Topliss-reactive ketones (excluding diaryl/α,β-unsaturated/α-hetero) is 1. The van der Waals surface area contributed by atoms with E-state index in [2.05, 4.69) is 22.4 Å². The molecule has 1 amide bonds. The number of ketones is 1. The first-order chi connectivity index (χ1) is 10.1. The van der Waals surface area contributed by atoms with E-state index in [9.17, 15) is 9.59 Å². The van der Waals surface area contributed by atoms with Crippen molar-refractivity contribution in [2.45, 2.75) is 31.7 Å². The largest absolute Gasteiger partial charge is 0.356 e. The van der Waals surface area contributed by atoms with E-state index < -0.39 is 0 Å². The highest BCUT2D eigenvalue weighted by Crippen LogP contribution is 2.41. The lowest BCUT2D eigenvalue weighted by molar-refractivity contribution is 0.0818. The highest BCUT2D eigenvalue weighted by atomic mass is 16.2. The molecule has 1 aliphatic rings. The van der Waals surface area contributed by atoms with Crippen LogP contribution in [0.15, 0.2) is 42.6 Å². The molecule has 1 heterocycles. The highest BCUT2D eigenvalue weighted by Gasteiger charge is 2.40. The first-order valence-corrected chi connectivity index (χ1v) is 7.18. The lowest BCUT2D eigenvalue weighted by Crippen LogP contribution is -2.50. The second-order valence-corrected chi connectivity index (χ2v) is 5.61. The minimum Gasteiger partial charge on any atom is -0.356 e. The second kappa shape index (κ2) is 5.20. The van der Waals surface area contributed by atoms with Crippen molar-refractivity contribution in [2.24, 2.45) is 0 Å². The fraction of sp³-hybridized carbons (Fsp3) is 0.294. The summed E-state index contributed by atoms with van der Waals surface area (Å²) in [5.74, 6) is -0.210. The van der Waals surface area contributed by atoms with Crippen LogP contribution >= 0.6 is 0 Å². The Bertz CT molecular complexity index is 669. The van der Waals surface area contributed by atoms with Gasteiger partial charge in [-0.1, -0.05) is 30.3 Å². The van der Waals surface area contributed by atoms with Crippen LogP contribution in [-0.2, 0) is 5.54 Å². The van der Waals surface area contributed by atoms with Gasteiger partial charge in [-0.15, -0.1) is 0 Å². The Kier molecular flexibility index (Phi) is 3.37. The summed E-state index contributed by atoms with van der Waals surface area (Å²) < 4.78 is 0. The number of amides is 1. The maximum absolute atomic E-state index is 12.4. The first-order valence-electron chi connectivity index (χ1n) is 7.18. The summed E-state index contributed by atoms with van der Waals surface area (Å²) >= 11 is 0. The van der Waals surface area contributed by atoms with Crippen LogP contribution in [0.25, 0.3) is 0 Å². The summed E-state index contributed by atoms with van der Waals surface area (Å²) in [6.07, 6.45) is 4.58. The van der Waals surface area contributed by atoms with Gasteiger partial charge in [0.1, 0.15) is 5.69 Å². The van der Waals surface area contributed by atoms with Crippen LogP contribution in [0.4, 0.5) is 0 Å². The van der Waals surface area contributed by atoms with Gasteiger partial charge in [-0.3, -0.25) is 9.59 Å². The van der Waals surface area contributed by atoms with Gasteiger partial charge in [0.05, 0.1) is 5.54 Å². The number of H-pyrrole nitrogens is 1. The molecular formula is C17H18N2O2. The third-order valence-corrected chi connectivity index (χ3v) is 4.22. The van der Waals surface area contributed by atoms with Crippen LogP contribution in [0.1, 0.15) is 52.6 Å². The molecule has 2 aromatic rings. The van der Waals surface area contributed by atoms with E-state index in [0.717, 1.165) is 24.8 Å². The van der Waals surface area contributed by atoms with Crippen LogP contribution in [0.5, 0.6) is 0 Å². The maximum atomic E-state index is 12.4. The molecule has 4 heteroatoms. The third-order valence-electron chi connectivity index (χ3n) is 4.22. The Balaban J connectivity index is 1.81. The molecule has 1 aromatic heterocycles.